The second kappa shape index (κ2) is 16.4. The molecule has 0 aliphatic rings. The summed E-state index contributed by atoms with van der Waals surface area (Å²) < 4.78 is 25.2. The monoisotopic (exact) mass is 930 g/mol. The quantitative estimate of drug-likeness (QED) is 0.101. The van der Waals surface area contributed by atoms with Gasteiger partial charge in [0.15, 0.2) is 8.32 Å². The van der Waals surface area contributed by atoms with Gasteiger partial charge in [-0.15, -0.1) is 0 Å². The molecule has 0 saturated heterocycles. The third-order valence-corrected chi connectivity index (χ3v) is 26.8. The highest BCUT2D eigenvalue weighted by molar-refractivity contribution is 7.09. The average molecular weight is 931 g/mol. The predicted molar refractivity (Wildman–Crippen MR) is 297 cm³/mol. The Balaban J connectivity index is 1.28. The van der Waals surface area contributed by atoms with Crippen LogP contribution in [-0.2, 0) is 12.3 Å². The Morgan fingerprint density at radius 2 is 0.537 bits per heavy atom. The Kier molecular flexibility index (Phi) is 10.2. The molecule has 0 spiro atoms. The first kappa shape index (κ1) is 41.9. The molecule has 0 unspecified atom stereocenters. The molecular weight excluding hydrogens is 881 g/mol. The number of rotatable bonds is 10. The lowest BCUT2D eigenvalue weighted by Crippen LogP contribution is -2.77. The van der Waals surface area contributed by atoms with Gasteiger partial charge in [0.2, 0.25) is 0 Å². The predicted octanol–water partition coefficient (Wildman–Crippen LogP) is 12.7. The van der Waals surface area contributed by atoms with Crippen LogP contribution >= 0.6 is 0 Å². The lowest BCUT2D eigenvalue weighted by molar-refractivity contribution is 0.365. The van der Waals surface area contributed by atoms with Crippen molar-refractivity contribution in [1.29, 1.82) is 0 Å². The molecule has 12 aromatic carbocycles. The number of fused-ring (bicyclic) bond motifs is 8. The van der Waals surface area contributed by atoms with Crippen molar-refractivity contribution in [2.45, 2.75) is 26.2 Å². The summed E-state index contributed by atoms with van der Waals surface area (Å²) in [6.07, 6.45) is 0. The van der Waals surface area contributed by atoms with Crippen LogP contribution in [0.5, 0.6) is 0 Å². The van der Waals surface area contributed by atoms with E-state index in [0.717, 1.165) is 63.8 Å². The minimum absolute atomic E-state index is 1.11. The van der Waals surface area contributed by atoms with E-state index in [-0.39, 0.29) is 0 Å². The molecule has 12 rings (SSSR count). The molecule has 0 aliphatic heterocycles. The van der Waals surface area contributed by atoms with Gasteiger partial charge in [0.05, 0.1) is 0 Å². The van der Waals surface area contributed by atoms with Crippen molar-refractivity contribution < 1.29 is 12.3 Å². The fourth-order valence-corrected chi connectivity index (χ4v) is 26.7. The molecule has 67 heavy (non-hydrogen) atoms. The van der Waals surface area contributed by atoms with Crippen molar-refractivity contribution in [3.63, 3.8) is 0 Å². The zero-order chi connectivity index (χ0) is 45.3. The topological polar surface area (TPSA) is 27.7 Å². The minimum Gasteiger partial charge on any atom is -0.436 e. The normalized spacial score (nSPS) is 12.9. The summed E-state index contributed by atoms with van der Waals surface area (Å²) in [5, 5.41) is 23.2. The van der Waals surface area contributed by atoms with Gasteiger partial charge in [-0.2, -0.15) is 0 Å². The fourth-order valence-electron chi connectivity index (χ4n) is 10.7. The van der Waals surface area contributed by atoms with Gasteiger partial charge in [-0.3, -0.25) is 0 Å². The third-order valence-electron chi connectivity index (χ3n) is 13.5. The van der Waals surface area contributed by atoms with Crippen LogP contribution in [0, 0.1) is 0 Å². The number of hydrogen-bond acceptors (Lipinski definition) is 3. The molecule has 3 nitrogen and oxygen atoms in total. The van der Waals surface area contributed by atoms with E-state index in [1.54, 1.807) is 0 Å². The first-order valence-electron chi connectivity index (χ1n) is 23.4. The second-order valence-corrected chi connectivity index (χ2v) is 31.1. The Bertz CT molecular complexity index is 3680. The average Bonchev–Trinajstić information content (AvgIpc) is 3.34. The first-order valence-corrected chi connectivity index (χ1v) is 32.5. The Labute approximate surface area is 396 Å². The minimum atomic E-state index is -3.99. The maximum Gasteiger partial charge on any atom is 0.389 e. The molecule has 7 heteroatoms. The highest BCUT2D eigenvalue weighted by Crippen LogP contribution is 2.34. The lowest BCUT2D eigenvalue weighted by Gasteiger charge is -2.45. The van der Waals surface area contributed by atoms with Crippen LogP contribution in [0.2, 0.25) is 26.2 Å². The standard InChI is InChI=1S/C60H50O3Si4/c1-64-61-66(57-29-13-25-49-33-41-17-5-9-21-45(41)37-53(49)57,58-30-14-26-50-34-42-18-6-10-22-46(42)38-54(50)58)63-67(62-65(2,3)4,59-31-15-27-51-35-43-19-7-11-23-47(43)39-55(51)59)60-32-16-28-52-36-44-20-8-12-24-48(44)40-56(52)60/h5-40H,64H2,1-4H3. The van der Waals surface area contributed by atoms with Crippen LogP contribution in [-0.4, -0.2) is 35.2 Å². The van der Waals surface area contributed by atoms with Crippen LogP contribution in [0.4, 0.5) is 0 Å². The zero-order valence-corrected chi connectivity index (χ0v) is 42.6. The Morgan fingerprint density at radius 1 is 0.284 bits per heavy atom. The summed E-state index contributed by atoms with van der Waals surface area (Å²) in [6.45, 7) is 9.24. The van der Waals surface area contributed by atoms with Crippen molar-refractivity contribution in [3.05, 3.63) is 218 Å². The Morgan fingerprint density at radius 3 is 0.806 bits per heavy atom. The van der Waals surface area contributed by atoms with Crippen LogP contribution in [0.15, 0.2) is 218 Å². The van der Waals surface area contributed by atoms with E-state index in [4.69, 9.17) is 12.3 Å². The van der Waals surface area contributed by atoms with E-state index in [2.05, 4.69) is 245 Å². The highest BCUT2D eigenvalue weighted by atomic mass is 28.5. The summed E-state index contributed by atoms with van der Waals surface area (Å²) in [4.78, 5) is 0. The van der Waals surface area contributed by atoms with Gasteiger partial charge in [-0.1, -0.05) is 176 Å². The Hall–Kier alpha value is -6.53. The molecule has 0 N–H and O–H groups in total. The summed E-state index contributed by atoms with van der Waals surface area (Å²) in [5.74, 6) is 0. The van der Waals surface area contributed by atoms with Gasteiger partial charge < -0.3 is 12.3 Å². The molecule has 0 amide bonds. The van der Waals surface area contributed by atoms with Crippen LogP contribution in [0.3, 0.4) is 0 Å². The molecule has 0 bridgehead atoms. The molecule has 324 valence electrons. The lowest BCUT2D eigenvalue weighted by atomic mass is 10.0. The smallest absolute Gasteiger partial charge is 0.389 e. The highest BCUT2D eigenvalue weighted by Gasteiger charge is 2.57. The molecule has 0 aromatic heterocycles. The van der Waals surface area contributed by atoms with E-state index in [0.29, 0.717) is 0 Å². The molecule has 0 atom stereocenters. The molecule has 0 aliphatic carbocycles. The van der Waals surface area contributed by atoms with Crippen molar-refractivity contribution in [2.75, 3.05) is 0 Å². The van der Waals surface area contributed by atoms with E-state index >= 15 is 0 Å². The van der Waals surface area contributed by atoms with Crippen LogP contribution < -0.4 is 20.7 Å². The van der Waals surface area contributed by atoms with Crippen molar-refractivity contribution in [2.24, 2.45) is 0 Å². The summed E-state index contributed by atoms with van der Waals surface area (Å²) in [6, 6.07) is 80.8. The summed E-state index contributed by atoms with van der Waals surface area (Å²) in [7, 11) is -11.6. The number of hydrogen-bond donors (Lipinski definition) is 0. The molecule has 0 saturated carbocycles. The van der Waals surface area contributed by atoms with Gasteiger partial charge >= 0.3 is 17.1 Å². The summed E-state index contributed by atoms with van der Waals surface area (Å²) in [5.41, 5.74) is 0. The van der Waals surface area contributed by atoms with E-state index in [1.165, 1.54) is 43.1 Å². The zero-order valence-electron chi connectivity index (χ0n) is 38.2. The largest absolute Gasteiger partial charge is 0.436 e. The maximum atomic E-state index is 8.97. The van der Waals surface area contributed by atoms with Crippen molar-refractivity contribution in [1.82, 2.24) is 0 Å². The van der Waals surface area contributed by atoms with Gasteiger partial charge in [0.25, 0.3) is 0 Å². The van der Waals surface area contributed by atoms with Crippen molar-refractivity contribution in [3.8, 4) is 0 Å². The number of benzene rings is 12. The maximum absolute atomic E-state index is 8.97. The molecule has 0 heterocycles. The molecule has 0 fully saturated rings. The van der Waals surface area contributed by atoms with Crippen LogP contribution in [0.25, 0.3) is 86.2 Å². The van der Waals surface area contributed by atoms with E-state index in [9.17, 15) is 0 Å². The van der Waals surface area contributed by atoms with Gasteiger partial charge in [0.1, 0.15) is 9.76 Å². The SMILES string of the molecule is C[SiH2]O[Si](O[Si](O[Si](C)(C)C)(c1cccc2cc3ccccc3cc12)c1cccc2cc3ccccc3cc12)(c1cccc2cc3ccccc3cc12)c1cccc2cc3ccccc3cc12. The van der Waals surface area contributed by atoms with Gasteiger partial charge in [-0.05, 0) is 154 Å². The van der Waals surface area contributed by atoms with Gasteiger partial charge in [0, 0.05) is 20.7 Å². The fraction of sp³-hybridized carbons (Fsp3) is 0.0667. The van der Waals surface area contributed by atoms with E-state index in [1.807, 2.05) is 0 Å². The summed E-state index contributed by atoms with van der Waals surface area (Å²) >= 11 is 0. The molecular formula is C60H50O3Si4. The molecule has 0 radical (unpaired) electrons. The second-order valence-electron chi connectivity index (χ2n) is 18.9. The van der Waals surface area contributed by atoms with Crippen LogP contribution in [0.1, 0.15) is 0 Å². The molecule has 12 aromatic rings. The van der Waals surface area contributed by atoms with Gasteiger partial charge in [-0.25, -0.2) is 0 Å². The van der Waals surface area contributed by atoms with E-state index < -0.39 is 35.2 Å². The first-order chi connectivity index (χ1) is 32.7. The third kappa shape index (κ3) is 7.17. The van der Waals surface area contributed by atoms with Crippen molar-refractivity contribution >= 4 is 142 Å².